The summed E-state index contributed by atoms with van der Waals surface area (Å²) in [4.78, 5) is 14.6. The fraction of sp³-hybridized carbons (Fsp3) is 0.167. The van der Waals surface area contributed by atoms with Crippen LogP contribution >= 0.6 is 15.9 Å². The topological polar surface area (TPSA) is 78.2 Å². The third-order valence-corrected chi connectivity index (χ3v) is 2.86. The van der Waals surface area contributed by atoms with Crippen molar-refractivity contribution in [2.75, 3.05) is 0 Å². The normalized spacial score (nSPS) is 10.3. The van der Waals surface area contributed by atoms with E-state index in [0.717, 1.165) is 10.0 Å². The summed E-state index contributed by atoms with van der Waals surface area (Å²) in [6.07, 6.45) is -1.33. The predicted octanol–water partition coefficient (Wildman–Crippen LogP) is 1.85. The highest BCUT2D eigenvalue weighted by atomic mass is 79.9. The van der Waals surface area contributed by atoms with Gasteiger partial charge in [-0.15, -0.1) is 0 Å². The van der Waals surface area contributed by atoms with E-state index in [0.29, 0.717) is 17.3 Å². The van der Waals surface area contributed by atoms with Crippen LogP contribution in [0.5, 0.6) is 0 Å². The van der Waals surface area contributed by atoms with E-state index in [2.05, 4.69) is 26.2 Å². The number of hydrogen-bond donors (Lipinski definition) is 1. The zero-order valence-electron chi connectivity index (χ0n) is 9.57. The van der Waals surface area contributed by atoms with Crippen LogP contribution in [-0.4, -0.2) is 11.1 Å². The van der Waals surface area contributed by atoms with Crippen LogP contribution in [0.2, 0.25) is 0 Å². The third-order valence-electron chi connectivity index (χ3n) is 2.36. The van der Waals surface area contributed by atoms with Crippen LogP contribution in [0.4, 0.5) is 4.79 Å². The van der Waals surface area contributed by atoms with Crippen LogP contribution in [0.25, 0.3) is 11.5 Å². The molecule has 0 aliphatic carbocycles. The second-order valence-electron chi connectivity index (χ2n) is 3.67. The molecule has 1 N–H and O–H groups in total. The number of benzene rings is 1. The lowest BCUT2D eigenvalue weighted by Gasteiger charge is -2.03. The number of aromatic nitrogens is 1. The number of halogens is 1. The Labute approximate surface area is 112 Å². The summed E-state index contributed by atoms with van der Waals surface area (Å²) in [5, 5.41) is 12.5. The van der Waals surface area contributed by atoms with E-state index in [1.54, 1.807) is 6.92 Å². The van der Waals surface area contributed by atoms with Gasteiger partial charge in [-0.3, -0.25) is 0 Å². The van der Waals surface area contributed by atoms with E-state index in [9.17, 15) is 9.90 Å². The smallest absolute Gasteiger partial charge is 0.226 e. The molecule has 1 amide bonds. The number of aryl methyl sites for hydroxylation is 1. The Kier molecular flexibility index (Phi) is 3.66. The maximum absolute atomic E-state index is 10.3. The van der Waals surface area contributed by atoms with Crippen molar-refractivity contribution in [3.8, 4) is 11.5 Å². The number of nitrogens with zero attached hydrogens (tertiary/aromatic N) is 1. The summed E-state index contributed by atoms with van der Waals surface area (Å²) >= 11 is 3.37. The van der Waals surface area contributed by atoms with Gasteiger partial charge in [0.15, 0.2) is 0 Å². The zero-order valence-corrected chi connectivity index (χ0v) is 11.2. The molecule has 2 rings (SSSR count). The van der Waals surface area contributed by atoms with Gasteiger partial charge in [0.05, 0.1) is 6.54 Å². The highest BCUT2D eigenvalue weighted by Crippen LogP contribution is 2.24. The monoisotopic (exact) mass is 309 g/mol. The van der Waals surface area contributed by atoms with E-state index in [4.69, 9.17) is 4.42 Å². The lowest BCUT2D eigenvalue weighted by atomic mass is 10.2. The Balaban J connectivity index is 2.25. The van der Waals surface area contributed by atoms with Gasteiger partial charge in [0.25, 0.3) is 0 Å². The molecular weight excluding hydrogens is 300 g/mol. The van der Waals surface area contributed by atoms with Crippen molar-refractivity contribution in [1.29, 1.82) is 0 Å². The number of carbonyl (C=O) groups excluding carboxylic acids is 1. The molecule has 94 valence electrons. The van der Waals surface area contributed by atoms with Gasteiger partial charge in [0.1, 0.15) is 17.5 Å². The summed E-state index contributed by atoms with van der Waals surface area (Å²) in [5.41, 5.74) is 1.38. The molecule has 0 spiro atoms. The summed E-state index contributed by atoms with van der Waals surface area (Å²) in [5.74, 6) is 1.04. The minimum atomic E-state index is -1.33. The fourth-order valence-electron chi connectivity index (χ4n) is 1.49. The number of oxazole rings is 1. The molecule has 6 heteroatoms. The first kappa shape index (κ1) is 12.6. The lowest BCUT2D eigenvalue weighted by Crippen LogP contribution is -2.36. The van der Waals surface area contributed by atoms with Crippen molar-refractivity contribution in [3.05, 3.63) is 40.2 Å². The van der Waals surface area contributed by atoms with Crippen molar-refractivity contribution < 1.29 is 14.3 Å². The van der Waals surface area contributed by atoms with Crippen LogP contribution in [0.3, 0.4) is 0 Å². The molecule has 0 aliphatic rings. The minimum Gasteiger partial charge on any atom is -0.530 e. The van der Waals surface area contributed by atoms with Crippen LogP contribution < -0.4 is 10.4 Å². The van der Waals surface area contributed by atoms with E-state index in [-0.39, 0.29) is 6.54 Å². The number of carbonyl (C=O) groups is 1. The van der Waals surface area contributed by atoms with Gasteiger partial charge in [-0.05, 0) is 25.1 Å². The summed E-state index contributed by atoms with van der Waals surface area (Å²) in [7, 11) is 0. The highest BCUT2D eigenvalue weighted by Gasteiger charge is 2.11. The fourth-order valence-corrected chi connectivity index (χ4v) is 1.89. The molecule has 0 saturated carbocycles. The van der Waals surface area contributed by atoms with Crippen molar-refractivity contribution in [3.63, 3.8) is 0 Å². The Morgan fingerprint density at radius 2 is 2.33 bits per heavy atom. The summed E-state index contributed by atoms with van der Waals surface area (Å²) < 4.78 is 6.42. The van der Waals surface area contributed by atoms with Gasteiger partial charge in [-0.1, -0.05) is 22.0 Å². The second-order valence-corrected chi connectivity index (χ2v) is 4.59. The Morgan fingerprint density at radius 3 is 3.00 bits per heavy atom. The molecule has 0 bridgehead atoms. The van der Waals surface area contributed by atoms with E-state index in [1.165, 1.54) is 0 Å². The van der Waals surface area contributed by atoms with Crippen LogP contribution in [0.1, 0.15) is 11.5 Å². The first-order valence-electron chi connectivity index (χ1n) is 5.23. The Hall–Kier alpha value is -1.82. The Bertz CT molecular complexity index is 580. The van der Waals surface area contributed by atoms with E-state index in [1.807, 2.05) is 24.3 Å². The number of hydrogen-bond acceptors (Lipinski definition) is 4. The van der Waals surface area contributed by atoms with Gasteiger partial charge < -0.3 is 19.6 Å². The van der Waals surface area contributed by atoms with Gasteiger partial charge in [-0.25, -0.2) is 4.98 Å². The molecule has 0 saturated heterocycles. The summed E-state index contributed by atoms with van der Waals surface area (Å²) in [6, 6.07) is 7.52. The van der Waals surface area contributed by atoms with Crippen molar-refractivity contribution in [2.45, 2.75) is 13.5 Å². The van der Waals surface area contributed by atoms with Gasteiger partial charge >= 0.3 is 0 Å². The average molecular weight is 310 g/mol. The van der Waals surface area contributed by atoms with E-state index >= 15 is 0 Å². The Morgan fingerprint density at radius 1 is 1.56 bits per heavy atom. The number of nitrogens with one attached hydrogen (secondary N) is 1. The van der Waals surface area contributed by atoms with Crippen molar-refractivity contribution >= 4 is 22.0 Å². The second kappa shape index (κ2) is 5.22. The van der Waals surface area contributed by atoms with Crippen LogP contribution in [-0.2, 0) is 6.54 Å². The van der Waals surface area contributed by atoms with Crippen LogP contribution in [0.15, 0.2) is 33.2 Å². The third kappa shape index (κ3) is 2.89. The molecule has 0 unspecified atom stereocenters. The van der Waals surface area contributed by atoms with Crippen molar-refractivity contribution in [2.24, 2.45) is 0 Å². The number of rotatable bonds is 3. The number of amides is 1. The molecular formula is C12H10BrN2O3-. The van der Waals surface area contributed by atoms with Crippen LogP contribution in [0, 0.1) is 6.92 Å². The largest absolute Gasteiger partial charge is 0.530 e. The number of carboxylic acid groups (broad SMARTS) is 1. The predicted molar refractivity (Wildman–Crippen MR) is 66.6 cm³/mol. The first-order chi connectivity index (χ1) is 8.56. The SMILES string of the molecule is Cc1oc(-c2cccc(Br)c2)nc1CNC(=O)[O-]. The maximum Gasteiger partial charge on any atom is 0.226 e. The minimum absolute atomic E-state index is 0.0751. The average Bonchev–Trinajstić information content (AvgIpc) is 2.68. The molecule has 0 aliphatic heterocycles. The molecule has 1 aromatic carbocycles. The zero-order chi connectivity index (χ0) is 13.1. The van der Waals surface area contributed by atoms with E-state index < -0.39 is 6.09 Å². The van der Waals surface area contributed by atoms with Crippen molar-refractivity contribution in [1.82, 2.24) is 10.3 Å². The van der Waals surface area contributed by atoms with Gasteiger partial charge in [0.2, 0.25) is 5.89 Å². The summed E-state index contributed by atoms with van der Waals surface area (Å²) in [6.45, 7) is 1.81. The molecule has 1 aromatic heterocycles. The highest BCUT2D eigenvalue weighted by molar-refractivity contribution is 9.10. The van der Waals surface area contributed by atoms with Gasteiger partial charge in [-0.2, -0.15) is 0 Å². The molecule has 0 radical (unpaired) electrons. The quantitative estimate of drug-likeness (QED) is 0.938. The first-order valence-corrected chi connectivity index (χ1v) is 6.02. The molecule has 5 nitrogen and oxygen atoms in total. The van der Waals surface area contributed by atoms with Gasteiger partial charge in [0, 0.05) is 10.0 Å². The molecule has 0 atom stereocenters. The lowest BCUT2D eigenvalue weighted by molar-refractivity contribution is -0.251. The standard InChI is InChI=1S/C12H11BrN2O3/c1-7-10(6-14-12(16)17)15-11(18-7)8-3-2-4-9(13)5-8/h2-5,14H,6H2,1H3,(H,16,17)/p-1. The molecule has 2 aromatic rings. The molecule has 0 fully saturated rings. The maximum atomic E-state index is 10.3. The molecule has 1 heterocycles. The molecule has 18 heavy (non-hydrogen) atoms.